The lowest BCUT2D eigenvalue weighted by Crippen LogP contribution is -2.29. The highest BCUT2D eigenvalue weighted by atomic mass is 19.1. The van der Waals surface area contributed by atoms with Crippen molar-refractivity contribution < 1.29 is 4.39 Å². The molecule has 0 amide bonds. The molecule has 2 bridgehead atoms. The van der Waals surface area contributed by atoms with Crippen LogP contribution in [0, 0.1) is 23.6 Å². The third-order valence-corrected chi connectivity index (χ3v) is 5.07. The lowest BCUT2D eigenvalue weighted by molar-refractivity contribution is 0.337. The summed E-state index contributed by atoms with van der Waals surface area (Å²) in [6, 6.07) is 4.96. The van der Waals surface area contributed by atoms with E-state index in [-0.39, 0.29) is 5.82 Å². The lowest BCUT2D eigenvalue weighted by Gasteiger charge is -2.29. The van der Waals surface area contributed by atoms with Gasteiger partial charge in [0.2, 0.25) is 0 Å². The molecule has 2 aliphatic rings. The summed E-state index contributed by atoms with van der Waals surface area (Å²) < 4.78 is 13.3. The van der Waals surface area contributed by atoms with E-state index in [1.807, 2.05) is 6.07 Å². The molecule has 0 aromatic heterocycles. The molecular weight excluding hydrogens is 239 g/mol. The highest BCUT2D eigenvalue weighted by Crippen LogP contribution is 2.48. The first-order chi connectivity index (χ1) is 9.17. The Morgan fingerprint density at radius 2 is 2.16 bits per heavy atom. The van der Waals surface area contributed by atoms with Gasteiger partial charge in [0.05, 0.1) is 0 Å². The van der Waals surface area contributed by atoms with Gasteiger partial charge in [0.25, 0.3) is 0 Å². The average molecular weight is 262 g/mol. The summed E-state index contributed by atoms with van der Waals surface area (Å²) in [7, 11) is 2.11. The Kier molecular flexibility index (Phi) is 3.48. The predicted octanol–water partition coefficient (Wildman–Crippen LogP) is 3.16. The molecule has 19 heavy (non-hydrogen) atoms. The van der Waals surface area contributed by atoms with Gasteiger partial charge in [-0.15, -0.1) is 0 Å². The molecule has 2 aliphatic carbocycles. The maximum atomic E-state index is 13.3. The quantitative estimate of drug-likeness (QED) is 0.903. The number of fused-ring (bicyclic) bond motifs is 2. The van der Waals surface area contributed by atoms with E-state index in [4.69, 9.17) is 5.73 Å². The number of halogens is 1. The second kappa shape index (κ2) is 5.12. The van der Waals surface area contributed by atoms with Gasteiger partial charge in [0.1, 0.15) is 5.82 Å². The van der Waals surface area contributed by atoms with Crippen molar-refractivity contribution in [3.8, 4) is 0 Å². The molecular formula is C16H23FN2. The van der Waals surface area contributed by atoms with E-state index in [9.17, 15) is 4.39 Å². The van der Waals surface area contributed by atoms with Crippen LogP contribution in [0.3, 0.4) is 0 Å². The van der Waals surface area contributed by atoms with Crippen LogP contribution in [0.1, 0.15) is 31.2 Å². The van der Waals surface area contributed by atoms with Gasteiger partial charge in [-0.05, 0) is 60.8 Å². The summed E-state index contributed by atoms with van der Waals surface area (Å²) in [6.07, 6.45) is 5.67. The van der Waals surface area contributed by atoms with Gasteiger partial charge in [0, 0.05) is 25.8 Å². The van der Waals surface area contributed by atoms with E-state index in [2.05, 4.69) is 11.9 Å². The molecule has 3 rings (SSSR count). The van der Waals surface area contributed by atoms with Crippen LogP contribution in [-0.4, -0.2) is 13.6 Å². The Morgan fingerprint density at radius 1 is 1.32 bits per heavy atom. The first-order valence-electron chi connectivity index (χ1n) is 7.37. The van der Waals surface area contributed by atoms with Crippen molar-refractivity contribution in [2.75, 3.05) is 18.5 Å². The van der Waals surface area contributed by atoms with Crippen molar-refractivity contribution in [1.82, 2.24) is 0 Å². The largest absolute Gasteiger partial charge is 0.374 e. The fourth-order valence-electron chi connectivity index (χ4n) is 4.14. The molecule has 2 N–H and O–H groups in total. The van der Waals surface area contributed by atoms with Crippen molar-refractivity contribution in [3.63, 3.8) is 0 Å². The Balaban J connectivity index is 1.71. The molecule has 2 fully saturated rings. The van der Waals surface area contributed by atoms with Gasteiger partial charge < -0.3 is 10.6 Å². The molecule has 2 nitrogen and oxygen atoms in total. The molecule has 0 aliphatic heterocycles. The molecule has 3 heteroatoms. The number of hydrogen-bond donors (Lipinski definition) is 1. The van der Waals surface area contributed by atoms with Crippen molar-refractivity contribution in [2.24, 2.45) is 23.5 Å². The van der Waals surface area contributed by atoms with E-state index in [0.29, 0.717) is 6.54 Å². The van der Waals surface area contributed by atoms with Crippen LogP contribution >= 0.6 is 0 Å². The van der Waals surface area contributed by atoms with Crippen LogP contribution in [0.4, 0.5) is 10.1 Å². The third kappa shape index (κ3) is 2.48. The molecule has 0 spiro atoms. The molecule has 1 aromatic carbocycles. The van der Waals surface area contributed by atoms with Crippen molar-refractivity contribution in [1.29, 1.82) is 0 Å². The van der Waals surface area contributed by atoms with E-state index in [1.54, 1.807) is 6.07 Å². The standard InChI is InChI=1S/C16H23FN2/c1-19(10-14-7-11-2-3-12(14)6-11)16-5-4-15(17)8-13(16)9-18/h4-5,8,11-12,14H,2-3,6-7,9-10,18H2,1H3. The zero-order valence-electron chi connectivity index (χ0n) is 11.6. The topological polar surface area (TPSA) is 29.3 Å². The van der Waals surface area contributed by atoms with Crippen molar-refractivity contribution >= 4 is 5.69 Å². The monoisotopic (exact) mass is 262 g/mol. The van der Waals surface area contributed by atoms with E-state index in [0.717, 1.165) is 35.5 Å². The van der Waals surface area contributed by atoms with Gasteiger partial charge >= 0.3 is 0 Å². The van der Waals surface area contributed by atoms with Crippen LogP contribution in [0.2, 0.25) is 0 Å². The fourth-order valence-corrected chi connectivity index (χ4v) is 4.14. The molecule has 1 aromatic rings. The summed E-state index contributed by atoms with van der Waals surface area (Å²) >= 11 is 0. The number of rotatable bonds is 4. The summed E-state index contributed by atoms with van der Waals surface area (Å²) in [6.45, 7) is 1.48. The summed E-state index contributed by atoms with van der Waals surface area (Å²) in [5.41, 5.74) is 7.73. The normalized spacial score (nSPS) is 28.9. The third-order valence-electron chi connectivity index (χ3n) is 5.07. The van der Waals surface area contributed by atoms with E-state index in [1.165, 1.54) is 31.7 Å². The van der Waals surface area contributed by atoms with Crippen LogP contribution in [0.25, 0.3) is 0 Å². The van der Waals surface area contributed by atoms with Crippen LogP contribution in [0.5, 0.6) is 0 Å². The maximum Gasteiger partial charge on any atom is 0.123 e. The Labute approximate surface area is 114 Å². The van der Waals surface area contributed by atoms with Gasteiger partial charge in [-0.2, -0.15) is 0 Å². The molecule has 0 heterocycles. The highest BCUT2D eigenvalue weighted by molar-refractivity contribution is 5.53. The molecule has 104 valence electrons. The second-order valence-electron chi connectivity index (χ2n) is 6.29. The second-order valence-corrected chi connectivity index (χ2v) is 6.29. The molecule has 3 unspecified atom stereocenters. The van der Waals surface area contributed by atoms with E-state index >= 15 is 0 Å². The number of nitrogens with two attached hydrogens (primary N) is 1. The summed E-state index contributed by atoms with van der Waals surface area (Å²) in [5, 5.41) is 0. The minimum absolute atomic E-state index is 0.197. The zero-order valence-corrected chi connectivity index (χ0v) is 11.6. The van der Waals surface area contributed by atoms with Gasteiger partial charge in [-0.1, -0.05) is 6.42 Å². The molecule has 2 saturated carbocycles. The van der Waals surface area contributed by atoms with Crippen LogP contribution < -0.4 is 10.6 Å². The number of anilines is 1. The van der Waals surface area contributed by atoms with Crippen molar-refractivity contribution in [3.05, 3.63) is 29.6 Å². The van der Waals surface area contributed by atoms with Gasteiger partial charge in [-0.25, -0.2) is 4.39 Å². The fraction of sp³-hybridized carbons (Fsp3) is 0.625. The molecule has 3 atom stereocenters. The Morgan fingerprint density at radius 3 is 2.79 bits per heavy atom. The Hall–Kier alpha value is -1.09. The average Bonchev–Trinajstić information content (AvgIpc) is 3.00. The SMILES string of the molecule is CN(CC1CC2CCC1C2)c1ccc(F)cc1CN. The smallest absolute Gasteiger partial charge is 0.123 e. The minimum atomic E-state index is -0.197. The number of benzene rings is 1. The first kappa shape index (κ1) is 12.9. The number of hydrogen-bond acceptors (Lipinski definition) is 2. The van der Waals surface area contributed by atoms with E-state index < -0.39 is 0 Å². The predicted molar refractivity (Wildman–Crippen MR) is 76.5 cm³/mol. The molecule has 0 saturated heterocycles. The number of nitrogens with zero attached hydrogens (tertiary/aromatic N) is 1. The maximum absolute atomic E-state index is 13.3. The first-order valence-corrected chi connectivity index (χ1v) is 7.37. The Bertz CT molecular complexity index is 460. The van der Waals surface area contributed by atoms with Crippen LogP contribution in [-0.2, 0) is 6.54 Å². The lowest BCUT2D eigenvalue weighted by atomic mass is 9.88. The summed E-state index contributed by atoms with van der Waals surface area (Å²) in [5.74, 6) is 2.52. The minimum Gasteiger partial charge on any atom is -0.374 e. The van der Waals surface area contributed by atoms with Crippen LogP contribution in [0.15, 0.2) is 18.2 Å². The highest BCUT2D eigenvalue weighted by Gasteiger charge is 2.39. The van der Waals surface area contributed by atoms with Gasteiger partial charge in [0.15, 0.2) is 0 Å². The zero-order chi connectivity index (χ0) is 13.4. The summed E-state index contributed by atoms with van der Waals surface area (Å²) in [4.78, 5) is 2.27. The van der Waals surface area contributed by atoms with Gasteiger partial charge in [-0.3, -0.25) is 0 Å². The molecule has 0 radical (unpaired) electrons. The van der Waals surface area contributed by atoms with Crippen molar-refractivity contribution in [2.45, 2.75) is 32.2 Å².